The third-order valence-electron chi connectivity index (χ3n) is 3.84. The maximum absolute atomic E-state index is 6.08. The topological polar surface area (TPSA) is 75.0 Å². The van der Waals surface area contributed by atoms with Crippen molar-refractivity contribution >= 4 is 17.0 Å². The van der Waals surface area contributed by atoms with Crippen molar-refractivity contribution in [1.82, 2.24) is 19.6 Å². The van der Waals surface area contributed by atoms with Crippen molar-refractivity contribution in [3.05, 3.63) is 48.1 Å². The Bertz CT molecular complexity index is 799. The van der Waals surface area contributed by atoms with Gasteiger partial charge in [-0.05, 0) is 19.1 Å². The van der Waals surface area contributed by atoms with Crippen molar-refractivity contribution in [2.24, 2.45) is 23.0 Å². The van der Waals surface area contributed by atoms with E-state index in [0.29, 0.717) is 17.5 Å². The maximum Gasteiger partial charge on any atom is 0.250 e. The Labute approximate surface area is 129 Å². The van der Waals surface area contributed by atoms with Gasteiger partial charge >= 0.3 is 0 Å². The molecular weight excluding hydrogens is 278 g/mol. The van der Waals surface area contributed by atoms with Gasteiger partial charge in [-0.25, -0.2) is 4.98 Å². The lowest BCUT2D eigenvalue weighted by Gasteiger charge is -2.27. The molecule has 114 valence electrons. The second-order valence-electron chi connectivity index (χ2n) is 5.08. The van der Waals surface area contributed by atoms with Crippen LogP contribution in [0.4, 0.5) is 5.95 Å². The second kappa shape index (κ2) is 5.18. The van der Waals surface area contributed by atoms with E-state index >= 15 is 0 Å². The number of nitrogens with two attached hydrogens (primary N) is 1. The maximum atomic E-state index is 6.08. The fraction of sp³-hybridized carbons (Fsp3) is 0.267. The molecule has 1 aromatic carbocycles. The molecule has 2 aromatic rings. The van der Waals surface area contributed by atoms with Gasteiger partial charge in [-0.3, -0.25) is 10.0 Å². The standard InChI is InChI=1S/C15H19N7/c1-5-22-10(2)13(14(16)21(22)4)18-19-15-17-11-8-6-7-9-12(11)20(15)3/h6-9H,2,5,16H2,1,3-4H3/b19-18+. The number of hydrogen-bond acceptors (Lipinski definition) is 6. The number of para-hydroxylation sites is 2. The van der Waals surface area contributed by atoms with E-state index in [1.54, 1.807) is 0 Å². The molecule has 0 amide bonds. The predicted molar refractivity (Wildman–Crippen MR) is 85.7 cm³/mol. The van der Waals surface area contributed by atoms with Gasteiger partial charge in [-0.2, -0.15) is 0 Å². The first-order valence-corrected chi connectivity index (χ1v) is 7.08. The lowest BCUT2D eigenvalue weighted by molar-refractivity contribution is 0.103. The molecule has 1 aliphatic rings. The number of nitrogens with zero attached hydrogens (tertiary/aromatic N) is 6. The highest BCUT2D eigenvalue weighted by Gasteiger charge is 2.27. The predicted octanol–water partition coefficient (Wildman–Crippen LogP) is 2.48. The summed E-state index contributed by atoms with van der Waals surface area (Å²) in [6, 6.07) is 7.86. The Morgan fingerprint density at radius 1 is 1.23 bits per heavy atom. The van der Waals surface area contributed by atoms with E-state index in [0.717, 1.165) is 23.3 Å². The average molecular weight is 297 g/mol. The Morgan fingerprint density at radius 3 is 2.59 bits per heavy atom. The van der Waals surface area contributed by atoms with Gasteiger partial charge in [-0.1, -0.05) is 18.7 Å². The number of hydrazine groups is 1. The summed E-state index contributed by atoms with van der Waals surface area (Å²) in [5.74, 6) is 1.07. The molecule has 22 heavy (non-hydrogen) atoms. The zero-order valence-corrected chi connectivity index (χ0v) is 13.0. The molecule has 0 atom stereocenters. The van der Waals surface area contributed by atoms with Crippen molar-refractivity contribution in [2.75, 3.05) is 13.6 Å². The van der Waals surface area contributed by atoms with E-state index < -0.39 is 0 Å². The molecule has 0 radical (unpaired) electrons. The minimum absolute atomic E-state index is 0.534. The summed E-state index contributed by atoms with van der Waals surface area (Å²) < 4.78 is 1.90. The number of rotatable bonds is 3. The Hall–Kier alpha value is -2.83. The number of hydrogen-bond donors (Lipinski definition) is 1. The molecule has 0 aliphatic carbocycles. The van der Waals surface area contributed by atoms with Gasteiger partial charge in [0.25, 0.3) is 0 Å². The molecule has 0 saturated carbocycles. The number of fused-ring (bicyclic) bond motifs is 1. The summed E-state index contributed by atoms with van der Waals surface area (Å²) in [6.45, 7) is 6.83. The highest BCUT2D eigenvalue weighted by molar-refractivity contribution is 5.77. The fourth-order valence-electron chi connectivity index (χ4n) is 2.56. The van der Waals surface area contributed by atoms with E-state index in [-0.39, 0.29) is 0 Å². The van der Waals surface area contributed by atoms with E-state index in [1.807, 2.05) is 59.9 Å². The van der Waals surface area contributed by atoms with Gasteiger partial charge in [-0.15, -0.1) is 10.2 Å². The Kier molecular flexibility index (Phi) is 3.32. The van der Waals surface area contributed by atoms with Crippen molar-refractivity contribution in [3.63, 3.8) is 0 Å². The molecule has 2 N–H and O–H groups in total. The van der Waals surface area contributed by atoms with Crippen LogP contribution in [0, 0.1) is 0 Å². The molecule has 7 nitrogen and oxygen atoms in total. The smallest absolute Gasteiger partial charge is 0.250 e. The minimum atomic E-state index is 0.534. The molecule has 7 heteroatoms. The third kappa shape index (κ3) is 2.02. The van der Waals surface area contributed by atoms with Crippen molar-refractivity contribution < 1.29 is 0 Å². The summed E-state index contributed by atoms with van der Waals surface area (Å²) in [5, 5.41) is 12.3. The molecule has 0 unspecified atom stereocenters. The number of azo groups is 1. The van der Waals surface area contributed by atoms with Crippen LogP contribution in [0.2, 0.25) is 0 Å². The summed E-state index contributed by atoms with van der Waals surface area (Å²) in [4.78, 5) is 4.46. The van der Waals surface area contributed by atoms with Crippen molar-refractivity contribution in [2.45, 2.75) is 6.92 Å². The molecular formula is C15H19N7. The third-order valence-corrected chi connectivity index (χ3v) is 3.84. The highest BCUT2D eigenvalue weighted by Crippen LogP contribution is 2.29. The van der Waals surface area contributed by atoms with E-state index in [2.05, 4.69) is 21.8 Å². The number of aryl methyl sites for hydroxylation is 1. The number of imidazole rings is 1. The van der Waals surface area contributed by atoms with Crippen LogP contribution in [0.3, 0.4) is 0 Å². The van der Waals surface area contributed by atoms with Gasteiger partial charge < -0.3 is 10.3 Å². The van der Waals surface area contributed by atoms with Crippen LogP contribution in [-0.2, 0) is 7.05 Å². The molecule has 1 aromatic heterocycles. The minimum Gasteiger partial charge on any atom is -0.382 e. The van der Waals surface area contributed by atoms with Crippen LogP contribution in [0.15, 0.2) is 58.3 Å². The van der Waals surface area contributed by atoms with Gasteiger partial charge in [0.1, 0.15) is 5.82 Å². The highest BCUT2D eigenvalue weighted by atomic mass is 15.7. The lowest BCUT2D eigenvalue weighted by Crippen LogP contribution is -2.34. The van der Waals surface area contributed by atoms with Crippen LogP contribution in [0.1, 0.15) is 6.92 Å². The van der Waals surface area contributed by atoms with E-state index in [1.165, 1.54) is 0 Å². The quantitative estimate of drug-likeness (QED) is 0.883. The molecule has 0 spiro atoms. The van der Waals surface area contributed by atoms with Gasteiger partial charge in [0.2, 0.25) is 5.95 Å². The summed E-state index contributed by atoms with van der Waals surface area (Å²) in [5.41, 5.74) is 9.30. The van der Waals surface area contributed by atoms with Gasteiger partial charge in [0.05, 0.1) is 16.7 Å². The zero-order valence-electron chi connectivity index (χ0n) is 13.0. The first-order valence-electron chi connectivity index (χ1n) is 7.08. The van der Waals surface area contributed by atoms with Crippen LogP contribution in [-0.4, -0.2) is 33.2 Å². The van der Waals surface area contributed by atoms with Crippen LogP contribution < -0.4 is 5.73 Å². The van der Waals surface area contributed by atoms with Gasteiger partial charge in [0.15, 0.2) is 5.70 Å². The normalized spacial score (nSPS) is 15.9. The molecule has 0 bridgehead atoms. The lowest BCUT2D eigenvalue weighted by atomic mass is 10.3. The van der Waals surface area contributed by atoms with Crippen LogP contribution >= 0.6 is 0 Å². The average Bonchev–Trinajstić information content (AvgIpc) is 2.94. The summed E-state index contributed by atoms with van der Waals surface area (Å²) >= 11 is 0. The SMILES string of the molecule is C=C1C(/N=N/c2nc3ccccc3n2C)=C(N)N(C)N1CC. The largest absolute Gasteiger partial charge is 0.382 e. The first kappa shape index (κ1) is 14.1. The molecule has 2 heterocycles. The summed E-state index contributed by atoms with van der Waals surface area (Å²) in [6.07, 6.45) is 0. The van der Waals surface area contributed by atoms with Gasteiger partial charge in [0, 0.05) is 20.6 Å². The Balaban J connectivity index is 1.96. The van der Waals surface area contributed by atoms with Crippen LogP contribution in [0.5, 0.6) is 0 Å². The molecule has 3 rings (SSSR count). The monoisotopic (exact) mass is 297 g/mol. The molecule has 0 fully saturated rings. The van der Waals surface area contributed by atoms with E-state index in [9.17, 15) is 0 Å². The molecule has 1 aliphatic heterocycles. The van der Waals surface area contributed by atoms with Crippen LogP contribution in [0.25, 0.3) is 11.0 Å². The Morgan fingerprint density at radius 2 is 1.95 bits per heavy atom. The fourth-order valence-corrected chi connectivity index (χ4v) is 2.56. The number of likely N-dealkylation sites (N-methyl/N-ethyl adjacent to an activating group) is 1. The van der Waals surface area contributed by atoms with Crippen molar-refractivity contribution in [1.29, 1.82) is 0 Å². The first-order chi connectivity index (χ1) is 10.5. The number of aromatic nitrogens is 2. The zero-order chi connectivity index (χ0) is 15.9. The van der Waals surface area contributed by atoms with Crippen molar-refractivity contribution in [3.8, 4) is 0 Å². The second-order valence-corrected chi connectivity index (χ2v) is 5.08. The van der Waals surface area contributed by atoms with E-state index in [4.69, 9.17) is 5.73 Å². The molecule has 0 saturated heterocycles. The summed E-state index contributed by atoms with van der Waals surface area (Å²) in [7, 11) is 3.79. The number of benzene rings is 1.